The van der Waals surface area contributed by atoms with Crippen molar-refractivity contribution in [3.05, 3.63) is 29.8 Å². The number of carbonyl (C=O) groups excluding carboxylic acids is 2. The number of nitrogens with two attached hydrogens (primary N) is 1. The lowest BCUT2D eigenvalue weighted by Crippen LogP contribution is -2.42. The first-order valence-electron chi connectivity index (χ1n) is 5.45. The molecule has 0 radical (unpaired) electrons. The highest BCUT2D eigenvalue weighted by molar-refractivity contribution is 7.90. The minimum absolute atomic E-state index is 0.0483. The zero-order chi connectivity index (χ0) is 14.6. The molecule has 0 bridgehead atoms. The Labute approximate surface area is 111 Å². The molecule has 0 atom stereocenters. The van der Waals surface area contributed by atoms with Crippen LogP contribution in [0.5, 0.6) is 0 Å². The molecular weight excluding hydrogens is 270 g/mol. The smallest absolute Gasteiger partial charge is 0.328 e. The van der Waals surface area contributed by atoms with Crippen LogP contribution in [-0.2, 0) is 10.0 Å². The second kappa shape index (κ2) is 5.70. The number of nitrogens with one attached hydrogen (secondary N) is 2. The number of benzene rings is 1. The number of rotatable bonds is 4. The predicted octanol–water partition coefficient (Wildman–Crippen LogP) is 0.182. The van der Waals surface area contributed by atoms with E-state index in [1.807, 2.05) is 4.72 Å². The summed E-state index contributed by atoms with van der Waals surface area (Å²) in [4.78, 5) is 22.1. The van der Waals surface area contributed by atoms with E-state index >= 15 is 0 Å². The molecule has 0 unspecified atom stereocenters. The Hall–Kier alpha value is -2.09. The molecule has 0 aromatic heterocycles. The van der Waals surface area contributed by atoms with Gasteiger partial charge in [0.15, 0.2) is 0 Å². The first-order valence-corrected chi connectivity index (χ1v) is 6.94. The van der Waals surface area contributed by atoms with E-state index in [-0.39, 0.29) is 16.5 Å². The molecule has 0 saturated heterocycles. The van der Waals surface area contributed by atoms with Crippen LogP contribution in [0.4, 0.5) is 4.79 Å². The van der Waals surface area contributed by atoms with Crippen molar-refractivity contribution < 1.29 is 18.0 Å². The lowest BCUT2D eigenvalue weighted by Gasteiger charge is -2.11. The highest BCUT2D eigenvalue weighted by atomic mass is 32.2. The first kappa shape index (κ1) is 15.0. The van der Waals surface area contributed by atoms with Gasteiger partial charge >= 0.3 is 6.03 Å². The van der Waals surface area contributed by atoms with Crippen LogP contribution in [0.25, 0.3) is 0 Å². The molecule has 19 heavy (non-hydrogen) atoms. The fourth-order valence-corrected chi connectivity index (χ4v) is 2.25. The Kier molecular flexibility index (Phi) is 4.49. The van der Waals surface area contributed by atoms with E-state index in [9.17, 15) is 18.0 Å². The van der Waals surface area contributed by atoms with Crippen LogP contribution in [-0.4, -0.2) is 26.4 Å². The molecule has 0 heterocycles. The van der Waals surface area contributed by atoms with Gasteiger partial charge in [0.05, 0.1) is 4.90 Å². The standard InChI is InChI=1S/C11H15N3O4S/c1-7(2)13-11(16)14-19(17,18)9-5-3-4-8(6-9)10(12)15/h3-7H,1-2H3,(H2,12,15)(H2,13,14,16). The summed E-state index contributed by atoms with van der Waals surface area (Å²) in [6, 6.07) is 4.08. The average molecular weight is 285 g/mol. The highest BCUT2D eigenvalue weighted by Crippen LogP contribution is 2.11. The predicted molar refractivity (Wildman–Crippen MR) is 68.9 cm³/mol. The summed E-state index contributed by atoms with van der Waals surface area (Å²) in [6.45, 7) is 3.39. The maximum Gasteiger partial charge on any atom is 0.328 e. The van der Waals surface area contributed by atoms with E-state index in [0.717, 1.165) is 6.07 Å². The quantitative estimate of drug-likeness (QED) is 0.731. The molecule has 0 saturated carbocycles. The van der Waals surface area contributed by atoms with E-state index in [0.29, 0.717) is 0 Å². The van der Waals surface area contributed by atoms with Gasteiger partial charge in [0.25, 0.3) is 10.0 Å². The van der Waals surface area contributed by atoms with E-state index < -0.39 is 22.0 Å². The van der Waals surface area contributed by atoms with E-state index in [4.69, 9.17) is 5.73 Å². The first-order chi connectivity index (χ1) is 8.72. The zero-order valence-corrected chi connectivity index (χ0v) is 11.3. The zero-order valence-electron chi connectivity index (χ0n) is 10.5. The van der Waals surface area contributed by atoms with Crippen LogP contribution < -0.4 is 15.8 Å². The molecule has 0 aliphatic carbocycles. The van der Waals surface area contributed by atoms with Crippen molar-refractivity contribution in [3.8, 4) is 0 Å². The summed E-state index contributed by atoms with van der Waals surface area (Å²) >= 11 is 0. The topological polar surface area (TPSA) is 118 Å². The fourth-order valence-electron chi connectivity index (χ4n) is 1.29. The molecular formula is C11H15N3O4S. The van der Waals surface area contributed by atoms with Gasteiger partial charge in [-0.25, -0.2) is 17.9 Å². The van der Waals surface area contributed by atoms with Gasteiger partial charge < -0.3 is 11.1 Å². The van der Waals surface area contributed by atoms with Crippen molar-refractivity contribution in [1.29, 1.82) is 0 Å². The van der Waals surface area contributed by atoms with Crippen molar-refractivity contribution in [2.45, 2.75) is 24.8 Å². The third kappa shape index (κ3) is 4.25. The van der Waals surface area contributed by atoms with Crippen molar-refractivity contribution in [1.82, 2.24) is 10.0 Å². The average Bonchev–Trinajstić information content (AvgIpc) is 2.27. The van der Waals surface area contributed by atoms with Gasteiger partial charge in [-0.3, -0.25) is 4.79 Å². The molecule has 7 nitrogen and oxygen atoms in total. The molecule has 4 N–H and O–H groups in total. The monoisotopic (exact) mass is 285 g/mol. The third-order valence-electron chi connectivity index (χ3n) is 2.08. The summed E-state index contributed by atoms with van der Waals surface area (Å²) in [5, 5.41) is 2.39. The van der Waals surface area contributed by atoms with Crippen LogP contribution in [0.3, 0.4) is 0 Å². The summed E-state index contributed by atoms with van der Waals surface area (Å²) in [7, 11) is -4.03. The minimum atomic E-state index is -4.03. The summed E-state index contributed by atoms with van der Waals surface area (Å²) in [6.07, 6.45) is 0. The molecule has 0 aliphatic heterocycles. The third-order valence-corrected chi connectivity index (χ3v) is 3.40. The number of sulfonamides is 1. The Morgan fingerprint density at radius 1 is 1.26 bits per heavy atom. The molecule has 3 amide bonds. The van der Waals surface area contributed by atoms with Crippen LogP contribution in [0, 0.1) is 0 Å². The minimum Gasteiger partial charge on any atom is -0.366 e. The molecule has 0 spiro atoms. The fraction of sp³-hybridized carbons (Fsp3) is 0.273. The molecule has 1 rings (SSSR count). The number of hydrogen-bond acceptors (Lipinski definition) is 4. The van der Waals surface area contributed by atoms with Gasteiger partial charge in [0, 0.05) is 11.6 Å². The van der Waals surface area contributed by atoms with Gasteiger partial charge in [0.2, 0.25) is 5.91 Å². The van der Waals surface area contributed by atoms with Gasteiger partial charge in [0.1, 0.15) is 0 Å². The number of hydrogen-bond donors (Lipinski definition) is 3. The second-order valence-electron chi connectivity index (χ2n) is 4.13. The van der Waals surface area contributed by atoms with Gasteiger partial charge in [-0.15, -0.1) is 0 Å². The van der Waals surface area contributed by atoms with Crippen molar-refractivity contribution in [3.63, 3.8) is 0 Å². The second-order valence-corrected chi connectivity index (χ2v) is 5.81. The maximum atomic E-state index is 11.9. The number of amides is 3. The normalized spacial score (nSPS) is 11.1. The van der Waals surface area contributed by atoms with E-state index in [2.05, 4.69) is 5.32 Å². The molecule has 1 aromatic carbocycles. The summed E-state index contributed by atoms with van der Waals surface area (Å²) in [5.74, 6) is -0.747. The Balaban J connectivity index is 2.97. The number of primary amides is 1. The lowest BCUT2D eigenvalue weighted by atomic mass is 10.2. The summed E-state index contributed by atoms with van der Waals surface area (Å²) < 4.78 is 25.6. The molecule has 8 heteroatoms. The number of carbonyl (C=O) groups is 2. The largest absolute Gasteiger partial charge is 0.366 e. The van der Waals surface area contributed by atoms with Crippen molar-refractivity contribution >= 4 is 22.0 Å². The van der Waals surface area contributed by atoms with Gasteiger partial charge in [-0.05, 0) is 32.0 Å². The molecule has 0 aliphatic rings. The highest BCUT2D eigenvalue weighted by Gasteiger charge is 2.18. The lowest BCUT2D eigenvalue weighted by molar-refractivity contribution is 0.1000. The van der Waals surface area contributed by atoms with Crippen LogP contribution in [0.1, 0.15) is 24.2 Å². The molecule has 0 fully saturated rings. The van der Waals surface area contributed by atoms with E-state index in [1.165, 1.54) is 18.2 Å². The molecule has 1 aromatic rings. The molecule has 104 valence electrons. The Morgan fingerprint density at radius 2 is 1.89 bits per heavy atom. The SMILES string of the molecule is CC(C)NC(=O)NS(=O)(=O)c1cccc(C(N)=O)c1. The Morgan fingerprint density at radius 3 is 2.42 bits per heavy atom. The Bertz CT molecular complexity index is 596. The van der Waals surface area contributed by atoms with Crippen molar-refractivity contribution in [2.75, 3.05) is 0 Å². The summed E-state index contributed by atoms with van der Waals surface area (Å²) in [5.41, 5.74) is 5.11. The van der Waals surface area contributed by atoms with Crippen LogP contribution >= 0.6 is 0 Å². The van der Waals surface area contributed by atoms with Crippen LogP contribution in [0.2, 0.25) is 0 Å². The van der Waals surface area contributed by atoms with Gasteiger partial charge in [-0.1, -0.05) is 6.07 Å². The van der Waals surface area contributed by atoms with E-state index in [1.54, 1.807) is 13.8 Å². The maximum absolute atomic E-state index is 11.9. The van der Waals surface area contributed by atoms with Crippen molar-refractivity contribution in [2.24, 2.45) is 5.73 Å². The number of urea groups is 1. The van der Waals surface area contributed by atoms with Gasteiger partial charge in [-0.2, -0.15) is 0 Å². The van der Waals surface area contributed by atoms with Crippen LogP contribution in [0.15, 0.2) is 29.2 Å².